The molecule has 39 heavy (non-hydrogen) atoms. The van der Waals surface area contributed by atoms with E-state index in [4.69, 9.17) is 4.74 Å². The number of rotatable bonds is 2. The molecule has 200 valence electrons. The lowest BCUT2D eigenvalue weighted by atomic mass is 9.90. The first-order valence-corrected chi connectivity index (χ1v) is 14.7. The van der Waals surface area contributed by atoms with Gasteiger partial charge in [-0.2, -0.15) is 11.8 Å². The highest BCUT2D eigenvalue weighted by molar-refractivity contribution is 7.99. The van der Waals surface area contributed by atoms with E-state index in [1.807, 2.05) is 72.4 Å². The van der Waals surface area contributed by atoms with Gasteiger partial charge in [-0.05, 0) is 78.3 Å². The van der Waals surface area contributed by atoms with Gasteiger partial charge in [-0.3, -0.25) is 4.90 Å². The number of thioether (sulfide) groups is 1. The van der Waals surface area contributed by atoms with Crippen molar-refractivity contribution >= 4 is 11.8 Å². The lowest BCUT2D eigenvalue weighted by molar-refractivity contribution is 0.289. The molecule has 0 unspecified atom stereocenters. The molecule has 0 aliphatic carbocycles. The van der Waals surface area contributed by atoms with Crippen LogP contribution in [0.25, 0.3) is 11.1 Å². The standard InChI is InChI=1S/C33H33NO4S/c35-29-14-7-24-2-1-23-6-13-28(30(36)19-23)32-25(8-3-22-4-11-27(12-5-22)38-31(29)20-24)9-10-26(33(32)37)21-34-15-17-39-18-16-34/h4-7,9-14,19-20,35-37H,1-3,8,15-18,21H2. The van der Waals surface area contributed by atoms with Crippen LogP contribution in [0.2, 0.25) is 0 Å². The summed E-state index contributed by atoms with van der Waals surface area (Å²) in [7, 11) is 0. The fourth-order valence-corrected chi connectivity index (χ4v) is 6.45. The van der Waals surface area contributed by atoms with Crippen LogP contribution < -0.4 is 4.74 Å². The third kappa shape index (κ3) is 5.72. The van der Waals surface area contributed by atoms with Crippen molar-refractivity contribution in [3.63, 3.8) is 0 Å². The predicted octanol–water partition coefficient (Wildman–Crippen LogP) is 6.70. The third-order valence-corrected chi connectivity index (χ3v) is 8.68. The normalized spacial score (nSPS) is 15.8. The van der Waals surface area contributed by atoms with Crippen LogP contribution in [0.3, 0.4) is 0 Å². The molecule has 0 atom stereocenters. The van der Waals surface area contributed by atoms with Crippen LogP contribution in [0.15, 0.2) is 72.8 Å². The van der Waals surface area contributed by atoms with Crippen molar-refractivity contribution < 1.29 is 20.1 Å². The minimum atomic E-state index is 0.106. The fourth-order valence-electron chi connectivity index (χ4n) is 5.47. The zero-order chi connectivity index (χ0) is 26.8. The topological polar surface area (TPSA) is 73.2 Å². The fraction of sp³-hybridized carbons (Fsp3) is 0.273. The van der Waals surface area contributed by atoms with E-state index in [1.165, 1.54) is 0 Å². The Bertz CT molecular complexity index is 1480. The van der Waals surface area contributed by atoms with Crippen LogP contribution in [0.5, 0.6) is 28.7 Å². The van der Waals surface area contributed by atoms with Gasteiger partial charge in [0.1, 0.15) is 17.2 Å². The van der Waals surface area contributed by atoms with Gasteiger partial charge >= 0.3 is 0 Å². The molecule has 3 N–H and O–H groups in total. The number of nitrogens with zero attached hydrogens (tertiary/aromatic N) is 1. The van der Waals surface area contributed by atoms with E-state index in [2.05, 4.69) is 11.0 Å². The lowest BCUT2D eigenvalue weighted by Crippen LogP contribution is -2.32. The largest absolute Gasteiger partial charge is 0.507 e. The van der Waals surface area contributed by atoms with E-state index in [1.54, 1.807) is 6.07 Å². The van der Waals surface area contributed by atoms with E-state index in [0.717, 1.165) is 77.2 Å². The number of aromatic hydroxyl groups is 3. The second-order valence-electron chi connectivity index (χ2n) is 10.4. The molecule has 5 heterocycles. The van der Waals surface area contributed by atoms with Crippen molar-refractivity contribution in [3.05, 3.63) is 101 Å². The van der Waals surface area contributed by atoms with Crippen molar-refractivity contribution in [2.24, 2.45) is 0 Å². The Kier molecular flexibility index (Phi) is 7.40. The van der Waals surface area contributed by atoms with Crippen LogP contribution in [0, 0.1) is 0 Å². The molecule has 4 aromatic rings. The van der Waals surface area contributed by atoms with Crippen molar-refractivity contribution in [2.75, 3.05) is 24.6 Å². The maximum Gasteiger partial charge on any atom is 0.169 e. The first kappa shape index (κ1) is 25.7. The molecule has 1 fully saturated rings. The van der Waals surface area contributed by atoms with Gasteiger partial charge in [-0.25, -0.2) is 0 Å². The van der Waals surface area contributed by atoms with Gasteiger partial charge < -0.3 is 20.1 Å². The molecule has 0 radical (unpaired) electrons. The molecular formula is C33H33NO4S. The van der Waals surface area contributed by atoms with Crippen LogP contribution in [0.1, 0.15) is 27.8 Å². The van der Waals surface area contributed by atoms with Crippen LogP contribution >= 0.6 is 11.8 Å². The van der Waals surface area contributed by atoms with Crippen molar-refractivity contribution in [2.45, 2.75) is 32.2 Å². The average Bonchev–Trinajstić information content (AvgIpc) is 2.95. The Morgan fingerprint density at radius 1 is 0.692 bits per heavy atom. The number of aryl methyl sites for hydroxylation is 4. The second-order valence-corrected chi connectivity index (χ2v) is 11.6. The summed E-state index contributed by atoms with van der Waals surface area (Å²) in [6, 6.07) is 23.3. The monoisotopic (exact) mass is 539 g/mol. The first-order valence-electron chi connectivity index (χ1n) is 13.6. The van der Waals surface area contributed by atoms with Crippen LogP contribution in [0.4, 0.5) is 0 Å². The number of phenolic OH excluding ortho intramolecular Hbond substituents is 3. The summed E-state index contributed by atoms with van der Waals surface area (Å²) < 4.78 is 6.01. The molecule has 6 bridgehead atoms. The third-order valence-electron chi connectivity index (χ3n) is 7.74. The Morgan fingerprint density at radius 3 is 2.15 bits per heavy atom. The molecule has 5 nitrogen and oxygen atoms in total. The van der Waals surface area contributed by atoms with Gasteiger partial charge in [0.2, 0.25) is 0 Å². The highest BCUT2D eigenvalue weighted by Crippen LogP contribution is 2.42. The van der Waals surface area contributed by atoms with Gasteiger partial charge in [0.05, 0.1) is 0 Å². The number of hydrogen-bond donors (Lipinski definition) is 3. The molecule has 5 aliphatic heterocycles. The summed E-state index contributed by atoms with van der Waals surface area (Å²) in [6.45, 7) is 2.74. The molecule has 0 amide bonds. The van der Waals surface area contributed by atoms with Crippen LogP contribution in [-0.4, -0.2) is 44.8 Å². The summed E-state index contributed by atoms with van der Waals surface area (Å²) in [5, 5.41) is 33.1. The summed E-state index contributed by atoms with van der Waals surface area (Å²) >= 11 is 1.97. The summed E-state index contributed by atoms with van der Waals surface area (Å²) in [4.78, 5) is 2.39. The molecule has 0 saturated carbocycles. The first-order chi connectivity index (χ1) is 19.0. The summed E-state index contributed by atoms with van der Waals surface area (Å²) in [5.41, 5.74) is 6.48. The maximum absolute atomic E-state index is 11.6. The molecule has 9 rings (SSSR count). The van der Waals surface area contributed by atoms with E-state index in [9.17, 15) is 15.3 Å². The molecule has 0 aromatic heterocycles. The van der Waals surface area contributed by atoms with E-state index in [-0.39, 0.29) is 17.2 Å². The Balaban J connectivity index is 1.40. The summed E-state index contributed by atoms with van der Waals surface area (Å²) in [5.74, 6) is 3.88. The highest BCUT2D eigenvalue weighted by atomic mass is 32.2. The molecule has 4 aromatic carbocycles. The average molecular weight is 540 g/mol. The van der Waals surface area contributed by atoms with Gasteiger partial charge in [0, 0.05) is 47.8 Å². The predicted molar refractivity (Wildman–Crippen MR) is 157 cm³/mol. The summed E-state index contributed by atoms with van der Waals surface area (Å²) in [6.07, 6.45) is 2.94. The van der Waals surface area contributed by atoms with E-state index in [0.29, 0.717) is 30.0 Å². The second kappa shape index (κ2) is 11.2. The van der Waals surface area contributed by atoms with Crippen molar-refractivity contribution in [3.8, 4) is 39.9 Å². The Hall–Kier alpha value is -3.61. The van der Waals surface area contributed by atoms with Gasteiger partial charge in [0.25, 0.3) is 0 Å². The minimum Gasteiger partial charge on any atom is -0.507 e. The quantitative estimate of drug-likeness (QED) is 0.263. The van der Waals surface area contributed by atoms with Crippen molar-refractivity contribution in [1.82, 2.24) is 4.90 Å². The molecular weight excluding hydrogens is 506 g/mol. The van der Waals surface area contributed by atoms with E-state index < -0.39 is 0 Å². The van der Waals surface area contributed by atoms with Gasteiger partial charge in [0.15, 0.2) is 11.5 Å². The van der Waals surface area contributed by atoms with Crippen molar-refractivity contribution in [1.29, 1.82) is 0 Å². The number of benzene rings is 4. The van der Waals surface area contributed by atoms with Crippen LogP contribution in [-0.2, 0) is 32.2 Å². The Morgan fingerprint density at radius 2 is 1.38 bits per heavy atom. The highest BCUT2D eigenvalue weighted by Gasteiger charge is 2.20. The zero-order valence-corrected chi connectivity index (χ0v) is 22.7. The minimum absolute atomic E-state index is 0.106. The molecule has 0 spiro atoms. The number of hydrogen-bond acceptors (Lipinski definition) is 6. The lowest BCUT2D eigenvalue weighted by Gasteiger charge is -2.27. The molecule has 5 aliphatic rings. The smallest absolute Gasteiger partial charge is 0.169 e. The van der Waals surface area contributed by atoms with Gasteiger partial charge in [-0.15, -0.1) is 0 Å². The Labute approximate surface area is 233 Å². The number of phenols is 3. The maximum atomic E-state index is 11.6. The van der Waals surface area contributed by atoms with Gasteiger partial charge in [-0.1, -0.05) is 42.5 Å². The zero-order valence-electron chi connectivity index (χ0n) is 21.9. The molecule has 6 heteroatoms. The molecule has 1 saturated heterocycles. The SMILES string of the molecule is Oc1ccc2cc1Oc1ccc(cc1)CCc1ccc(CN3CCSCC3)c(O)c1-c1ccc(cc1O)CC2. The number of ether oxygens (including phenoxy) is 1. The van der Waals surface area contributed by atoms with E-state index >= 15 is 0 Å².